The van der Waals surface area contributed by atoms with Gasteiger partial charge in [-0.1, -0.05) is 0 Å². The van der Waals surface area contributed by atoms with Crippen LogP contribution in [-0.2, 0) is 11.2 Å². The summed E-state index contributed by atoms with van der Waals surface area (Å²) in [4.78, 5) is 0. The van der Waals surface area contributed by atoms with Gasteiger partial charge in [-0.3, -0.25) is 4.18 Å². The molecule has 1 aromatic rings. The van der Waals surface area contributed by atoms with Crippen molar-refractivity contribution in [3.63, 3.8) is 0 Å². The Bertz CT molecular complexity index is 218. The molecule has 0 radical (unpaired) electrons. The Hall–Kier alpha value is -0.830. The van der Waals surface area contributed by atoms with E-state index in [0.29, 0.717) is 0 Å². The minimum Gasteiger partial charge on any atom is -0.508 e. The fourth-order valence-electron chi connectivity index (χ4n) is 0.694. The first kappa shape index (κ1) is 8.27. The predicted molar refractivity (Wildman–Crippen MR) is 47.9 cm³/mol. The van der Waals surface area contributed by atoms with E-state index in [1.807, 2.05) is 12.5 Å². The van der Waals surface area contributed by atoms with Crippen LogP contribution in [0.1, 0.15) is 0 Å². The van der Waals surface area contributed by atoms with Gasteiger partial charge in [0.1, 0.15) is 18.3 Å². The summed E-state index contributed by atoms with van der Waals surface area (Å²) in [6, 6.07) is 6.73. The van der Waals surface area contributed by atoms with E-state index in [2.05, 4.69) is 0 Å². The molecule has 0 unspecified atom stereocenters. The zero-order chi connectivity index (χ0) is 8.27. The minimum absolute atomic E-state index is 0.0548. The first-order valence-electron chi connectivity index (χ1n) is 3.23. The molecule has 1 rings (SSSR count). The smallest absolute Gasteiger partial charge is 0.191 e. The Morgan fingerprint density at radius 1 is 1.18 bits per heavy atom. The van der Waals surface area contributed by atoms with Gasteiger partial charge in [-0.05, 0) is 24.3 Å². The Kier molecular flexibility index (Phi) is 2.65. The van der Waals surface area contributed by atoms with E-state index in [4.69, 9.17) is 9.29 Å². The van der Waals surface area contributed by atoms with Gasteiger partial charge < -0.3 is 5.11 Å². The summed E-state index contributed by atoms with van der Waals surface area (Å²) >= 11 is -0.0548. The monoisotopic (exact) mass is 171 g/mol. The number of benzene rings is 1. The third-order valence-corrected chi connectivity index (χ3v) is 1.63. The van der Waals surface area contributed by atoms with Crippen LogP contribution < -0.4 is 4.18 Å². The van der Waals surface area contributed by atoms with Crippen molar-refractivity contribution < 1.29 is 9.29 Å². The van der Waals surface area contributed by atoms with E-state index in [1.54, 1.807) is 24.3 Å². The molecule has 0 bridgehead atoms. The average Bonchev–Trinajstić information content (AvgIpc) is 1.93. The summed E-state index contributed by atoms with van der Waals surface area (Å²) in [6.45, 7) is 0. The Labute approximate surface area is 69.4 Å². The van der Waals surface area contributed by atoms with Gasteiger partial charge in [-0.2, -0.15) is 0 Å². The molecule has 60 valence electrons. The zero-order valence-electron chi connectivity index (χ0n) is 6.57. The molecule has 1 N–H and O–H groups in total. The molecule has 0 amide bonds. The lowest BCUT2D eigenvalue weighted by molar-refractivity contribution is 0.474. The Balaban J connectivity index is 2.66. The van der Waals surface area contributed by atoms with Gasteiger partial charge in [-0.25, -0.2) is 0 Å². The van der Waals surface area contributed by atoms with Crippen molar-refractivity contribution in [2.75, 3.05) is 12.5 Å². The highest BCUT2D eigenvalue weighted by Crippen LogP contribution is 2.16. The number of hydrogen-bond donors (Lipinski definition) is 1. The van der Waals surface area contributed by atoms with Crippen LogP contribution in [0.2, 0.25) is 0 Å². The van der Waals surface area contributed by atoms with Crippen LogP contribution in [0.15, 0.2) is 24.3 Å². The van der Waals surface area contributed by atoms with E-state index in [-0.39, 0.29) is 16.9 Å². The number of phenols is 1. The summed E-state index contributed by atoms with van der Waals surface area (Å²) in [7, 11) is 0. The van der Waals surface area contributed by atoms with Gasteiger partial charge in [-0.15, -0.1) is 0 Å². The van der Waals surface area contributed by atoms with Crippen LogP contribution in [-0.4, -0.2) is 17.6 Å². The topological polar surface area (TPSA) is 29.5 Å². The van der Waals surface area contributed by atoms with Gasteiger partial charge in [0, 0.05) is 0 Å². The lowest BCUT2D eigenvalue weighted by Gasteiger charge is -1.98. The van der Waals surface area contributed by atoms with E-state index < -0.39 is 0 Å². The molecule has 0 saturated heterocycles. The zero-order valence-corrected chi connectivity index (χ0v) is 7.39. The van der Waals surface area contributed by atoms with Crippen molar-refractivity contribution in [2.24, 2.45) is 0 Å². The van der Waals surface area contributed by atoms with Crippen LogP contribution >= 0.6 is 0 Å². The van der Waals surface area contributed by atoms with Crippen molar-refractivity contribution in [1.29, 1.82) is 0 Å². The third-order valence-electron chi connectivity index (χ3n) is 1.10. The second-order valence-electron chi connectivity index (χ2n) is 2.32. The second kappa shape index (κ2) is 3.53. The van der Waals surface area contributed by atoms with Crippen LogP contribution in [0.3, 0.4) is 0 Å². The van der Waals surface area contributed by atoms with Crippen molar-refractivity contribution >= 4 is 11.2 Å². The molecule has 0 aliphatic rings. The van der Waals surface area contributed by atoms with Crippen molar-refractivity contribution in [3.8, 4) is 11.5 Å². The van der Waals surface area contributed by atoms with E-state index >= 15 is 0 Å². The summed E-state index contributed by atoms with van der Waals surface area (Å²) in [5.41, 5.74) is 0. The van der Waals surface area contributed by atoms with E-state index in [0.717, 1.165) is 5.75 Å². The molecule has 0 saturated carbocycles. The van der Waals surface area contributed by atoms with E-state index in [9.17, 15) is 0 Å². The maximum absolute atomic E-state index is 8.94. The molecule has 0 aliphatic heterocycles. The molecule has 0 aromatic heterocycles. The summed E-state index contributed by atoms with van der Waals surface area (Å²) in [6.07, 6.45) is 3.99. The summed E-state index contributed by atoms with van der Waals surface area (Å²) in [5, 5.41) is 8.94. The maximum Gasteiger partial charge on any atom is 0.191 e. The lowest BCUT2D eigenvalue weighted by atomic mass is 10.3. The maximum atomic E-state index is 8.94. The third kappa shape index (κ3) is 2.72. The van der Waals surface area contributed by atoms with Gasteiger partial charge in [0.2, 0.25) is 0 Å². The highest BCUT2D eigenvalue weighted by Gasteiger charge is 2.04. The Morgan fingerprint density at radius 3 is 2.18 bits per heavy atom. The van der Waals surface area contributed by atoms with Crippen molar-refractivity contribution in [1.82, 2.24) is 0 Å². The molecule has 0 heterocycles. The number of rotatable bonds is 2. The van der Waals surface area contributed by atoms with Crippen LogP contribution in [0.5, 0.6) is 11.5 Å². The highest BCUT2D eigenvalue weighted by atomic mass is 32.2. The molecular weight excluding hydrogens is 160 g/mol. The summed E-state index contributed by atoms with van der Waals surface area (Å²) in [5.74, 6) is 1.07. The lowest BCUT2D eigenvalue weighted by Crippen LogP contribution is -2.03. The first-order chi connectivity index (χ1) is 5.18. The molecular formula is C8H11O2S+. The second-order valence-corrected chi connectivity index (χ2v) is 3.97. The normalized spacial score (nSPS) is 10.1. The SMILES string of the molecule is C[S+](C)Oc1ccc(O)cc1. The number of aromatic hydroxyl groups is 1. The van der Waals surface area contributed by atoms with E-state index in [1.165, 1.54) is 0 Å². The van der Waals surface area contributed by atoms with Crippen LogP contribution in [0.25, 0.3) is 0 Å². The fraction of sp³-hybridized carbons (Fsp3) is 0.250. The number of hydrogen-bond acceptors (Lipinski definition) is 2. The molecule has 0 atom stereocenters. The van der Waals surface area contributed by atoms with Crippen LogP contribution in [0.4, 0.5) is 0 Å². The number of phenolic OH excluding ortho intramolecular Hbond substituents is 1. The fourth-order valence-corrected chi connectivity index (χ4v) is 1.19. The molecule has 1 aromatic carbocycles. The molecule has 0 aliphatic carbocycles. The quantitative estimate of drug-likeness (QED) is 0.684. The standard InChI is InChI=1S/C8H10O2S/c1-11(2)10-8-5-3-7(9)4-6-8/h3-6H,1-2H3/p+1. The minimum atomic E-state index is -0.0548. The highest BCUT2D eigenvalue weighted by molar-refractivity contribution is 7.91. The molecule has 2 nitrogen and oxygen atoms in total. The van der Waals surface area contributed by atoms with Gasteiger partial charge in [0.05, 0.1) is 0 Å². The molecule has 11 heavy (non-hydrogen) atoms. The van der Waals surface area contributed by atoms with Gasteiger partial charge in [0.25, 0.3) is 0 Å². The molecule has 0 spiro atoms. The molecule has 0 fully saturated rings. The molecule has 3 heteroatoms. The predicted octanol–water partition coefficient (Wildman–Crippen LogP) is 1.56. The van der Waals surface area contributed by atoms with Crippen molar-refractivity contribution in [3.05, 3.63) is 24.3 Å². The van der Waals surface area contributed by atoms with Crippen LogP contribution in [0, 0.1) is 0 Å². The van der Waals surface area contributed by atoms with Gasteiger partial charge in [0.15, 0.2) is 16.9 Å². The Morgan fingerprint density at radius 2 is 1.73 bits per heavy atom. The largest absolute Gasteiger partial charge is 0.508 e. The first-order valence-corrected chi connectivity index (χ1v) is 5.20. The van der Waals surface area contributed by atoms with Gasteiger partial charge >= 0.3 is 0 Å². The average molecular weight is 171 g/mol. The summed E-state index contributed by atoms with van der Waals surface area (Å²) < 4.78 is 5.39. The van der Waals surface area contributed by atoms with Crippen molar-refractivity contribution in [2.45, 2.75) is 0 Å².